The van der Waals surface area contributed by atoms with Crippen molar-refractivity contribution in [2.24, 2.45) is 4.99 Å². The third kappa shape index (κ3) is 4.94. The summed E-state index contributed by atoms with van der Waals surface area (Å²) in [5.41, 5.74) is 4.73. The van der Waals surface area contributed by atoms with Gasteiger partial charge in [0.15, 0.2) is 0 Å². The lowest BCUT2D eigenvalue weighted by molar-refractivity contribution is 0.262. The number of nitrogens with zero attached hydrogens (tertiary/aromatic N) is 1. The van der Waals surface area contributed by atoms with Gasteiger partial charge in [0.25, 0.3) is 5.56 Å². The molecule has 4 rings (SSSR count). The summed E-state index contributed by atoms with van der Waals surface area (Å²) in [5, 5.41) is 5.24. The maximum Gasteiger partial charge on any atom is 0.323 e. The molecule has 0 saturated heterocycles. The number of hydrogen-bond acceptors (Lipinski definition) is 3. The highest BCUT2D eigenvalue weighted by Gasteiger charge is 2.16. The maximum absolute atomic E-state index is 13.3. The molecule has 8 heteroatoms. The van der Waals surface area contributed by atoms with Gasteiger partial charge in [-0.25, -0.2) is 9.18 Å². The Morgan fingerprint density at radius 3 is 2.45 bits per heavy atom. The monoisotopic (exact) mass is 462 g/mol. The number of carbonyl (C=O) groups excluding carboxylic acids is 1. The van der Waals surface area contributed by atoms with Crippen molar-refractivity contribution in [3.63, 3.8) is 0 Å². The molecule has 2 amide bonds. The van der Waals surface area contributed by atoms with Gasteiger partial charge >= 0.3 is 6.03 Å². The average molecular weight is 463 g/mol. The van der Waals surface area contributed by atoms with E-state index in [-0.39, 0.29) is 10.6 Å². The van der Waals surface area contributed by atoms with E-state index < -0.39 is 11.8 Å². The second kappa shape index (κ2) is 9.26. The number of H-pyrrole nitrogens is 1. The minimum absolute atomic E-state index is 0.0844. The van der Waals surface area contributed by atoms with Gasteiger partial charge in [0.1, 0.15) is 5.82 Å². The Labute approximate surface area is 194 Å². The van der Waals surface area contributed by atoms with Crippen LogP contribution in [0.2, 0.25) is 5.02 Å². The van der Waals surface area contributed by atoms with E-state index in [2.05, 4.69) is 20.6 Å². The number of aryl methyl sites for hydroxylation is 1. The molecule has 2 aromatic rings. The Hall–Kier alpha value is -3.97. The quantitative estimate of drug-likeness (QED) is 0.308. The number of fused-ring (bicyclic) bond motifs is 1. The summed E-state index contributed by atoms with van der Waals surface area (Å²) >= 11 is 5.76. The molecule has 1 heterocycles. The van der Waals surface area contributed by atoms with Gasteiger partial charge in [0.05, 0.1) is 22.0 Å². The number of halogens is 2. The van der Waals surface area contributed by atoms with E-state index in [4.69, 9.17) is 11.6 Å². The van der Waals surface area contributed by atoms with Gasteiger partial charge < -0.3 is 15.6 Å². The fraction of sp³-hybridized carbons (Fsp3) is 0.0800. The molecule has 0 bridgehead atoms. The average Bonchev–Trinajstić information content (AvgIpc) is 2.91. The van der Waals surface area contributed by atoms with Crippen LogP contribution in [0.5, 0.6) is 0 Å². The number of aromatic amines is 1. The second-order valence-electron chi connectivity index (χ2n) is 7.47. The van der Waals surface area contributed by atoms with Crippen molar-refractivity contribution >= 4 is 40.4 Å². The van der Waals surface area contributed by atoms with Crippen molar-refractivity contribution in [2.45, 2.75) is 13.8 Å². The summed E-state index contributed by atoms with van der Waals surface area (Å²) in [7, 11) is 0. The predicted molar refractivity (Wildman–Crippen MR) is 131 cm³/mol. The van der Waals surface area contributed by atoms with Crippen molar-refractivity contribution in [1.29, 1.82) is 0 Å². The summed E-state index contributed by atoms with van der Waals surface area (Å²) in [6.45, 7) is 3.67. The highest BCUT2D eigenvalue weighted by atomic mass is 35.5. The standard InChI is InChI=1S/C25H20ClFN4O2/c1-14-8-9-17(30-25(33)29-16-10-11-20(27)19(26)12-16)13-22(14)28-15(2)23-18-6-4-3-5-7-21(18)31-24(23)32/h3-13H,1-2H3,(H,31,32)(H2,29,30,33)/b28-15+. The number of hydrogen-bond donors (Lipinski definition) is 3. The van der Waals surface area contributed by atoms with Crippen LogP contribution >= 0.6 is 11.6 Å². The third-order valence-electron chi connectivity index (χ3n) is 5.08. The fourth-order valence-corrected chi connectivity index (χ4v) is 3.63. The normalized spacial score (nSPS) is 11.5. The number of carbonyl (C=O) groups is 1. The SMILES string of the molecule is C/C(=N\c1cc(NC(=O)Nc2ccc(F)c(Cl)c2)ccc1C)c1c2cccccc-2[nH]c1=O. The molecular formula is C25H20ClFN4O2. The van der Waals surface area contributed by atoms with E-state index in [0.29, 0.717) is 28.3 Å². The molecule has 0 aromatic heterocycles. The molecule has 0 atom stereocenters. The smallest absolute Gasteiger partial charge is 0.321 e. The molecule has 3 N–H and O–H groups in total. The molecule has 0 spiro atoms. The van der Waals surface area contributed by atoms with Crippen LogP contribution in [0.15, 0.2) is 76.5 Å². The molecule has 2 aromatic carbocycles. The molecule has 0 saturated carbocycles. The number of nitrogens with one attached hydrogen (secondary N) is 3. The zero-order valence-electron chi connectivity index (χ0n) is 17.9. The van der Waals surface area contributed by atoms with Gasteiger partial charge in [-0.1, -0.05) is 41.9 Å². The van der Waals surface area contributed by atoms with Crippen molar-refractivity contribution in [3.8, 4) is 11.3 Å². The van der Waals surface area contributed by atoms with Crippen LogP contribution in [-0.2, 0) is 0 Å². The number of benzene rings is 2. The van der Waals surface area contributed by atoms with Gasteiger partial charge in [-0.05, 0) is 55.8 Å². The van der Waals surface area contributed by atoms with Crippen LogP contribution in [0.4, 0.5) is 26.2 Å². The molecule has 1 aliphatic carbocycles. The summed E-state index contributed by atoms with van der Waals surface area (Å²) in [4.78, 5) is 32.5. The largest absolute Gasteiger partial charge is 0.323 e. The third-order valence-corrected chi connectivity index (χ3v) is 5.37. The maximum atomic E-state index is 13.3. The lowest BCUT2D eigenvalue weighted by atomic mass is 10.1. The number of amides is 2. The highest BCUT2D eigenvalue weighted by Crippen LogP contribution is 2.27. The van der Waals surface area contributed by atoms with Crippen LogP contribution in [-0.4, -0.2) is 16.7 Å². The van der Waals surface area contributed by atoms with Crippen LogP contribution in [0.25, 0.3) is 11.3 Å². The van der Waals surface area contributed by atoms with E-state index in [1.165, 1.54) is 18.2 Å². The molecule has 166 valence electrons. The van der Waals surface area contributed by atoms with Crippen LogP contribution < -0.4 is 16.2 Å². The van der Waals surface area contributed by atoms with Gasteiger partial charge in [0.2, 0.25) is 0 Å². The lowest BCUT2D eigenvalue weighted by Gasteiger charge is -2.10. The molecular weight excluding hydrogens is 443 g/mol. The van der Waals surface area contributed by atoms with Gasteiger partial charge in [-0.15, -0.1) is 0 Å². The number of aliphatic imine (C=N–C) groups is 1. The zero-order valence-corrected chi connectivity index (χ0v) is 18.6. The first kappa shape index (κ1) is 22.2. The topological polar surface area (TPSA) is 86.3 Å². The molecule has 0 radical (unpaired) electrons. The first-order valence-electron chi connectivity index (χ1n) is 10.1. The van der Waals surface area contributed by atoms with Gasteiger partial charge in [-0.3, -0.25) is 9.79 Å². The lowest BCUT2D eigenvalue weighted by Crippen LogP contribution is -2.19. The van der Waals surface area contributed by atoms with Crippen LogP contribution in [0.1, 0.15) is 18.1 Å². The Kier molecular flexibility index (Phi) is 6.24. The highest BCUT2D eigenvalue weighted by molar-refractivity contribution is 6.31. The van der Waals surface area contributed by atoms with Crippen molar-refractivity contribution in [3.05, 3.63) is 99.1 Å². The Balaban J connectivity index is 1.58. The van der Waals surface area contributed by atoms with Crippen molar-refractivity contribution in [2.75, 3.05) is 10.6 Å². The fourth-order valence-electron chi connectivity index (χ4n) is 3.45. The Morgan fingerprint density at radius 1 is 1.00 bits per heavy atom. The number of rotatable bonds is 4. The Morgan fingerprint density at radius 2 is 1.70 bits per heavy atom. The summed E-state index contributed by atoms with van der Waals surface area (Å²) in [6, 6.07) is 18.0. The minimum atomic E-state index is -0.566. The van der Waals surface area contributed by atoms with E-state index >= 15 is 0 Å². The van der Waals surface area contributed by atoms with E-state index in [9.17, 15) is 14.0 Å². The van der Waals surface area contributed by atoms with Crippen LogP contribution in [0, 0.1) is 12.7 Å². The molecule has 33 heavy (non-hydrogen) atoms. The van der Waals surface area contributed by atoms with Crippen LogP contribution in [0.3, 0.4) is 0 Å². The number of anilines is 2. The summed E-state index contributed by atoms with van der Waals surface area (Å²) < 4.78 is 13.3. The first-order valence-corrected chi connectivity index (χ1v) is 10.5. The van der Waals surface area contributed by atoms with E-state index in [0.717, 1.165) is 16.8 Å². The van der Waals surface area contributed by atoms with Gasteiger partial charge in [0, 0.05) is 22.6 Å². The molecule has 6 nitrogen and oxygen atoms in total. The number of aromatic nitrogens is 1. The minimum Gasteiger partial charge on any atom is -0.321 e. The first-order chi connectivity index (χ1) is 15.8. The van der Waals surface area contributed by atoms with Crippen molar-refractivity contribution in [1.82, 2.24) is 4.98 Å². The zero-order chi connectivity index (χ0) is 23.5. The van der Waals surface area contributed by atoms with Gasteiger partial charge in [-0.2, -0.15) is 0 Å². The van der Waals surface area contributed by atoms with Crippen molar-refractivity contribution < 1.29 is 9.18 Å². The van der Waals surface area contributed by atoms with E-state index in [1.807, 2.05) is 43.3 Å². The second-order valence-corrected chi connectivity index (χ2v) is 7.88. The summed E-state index contributed by atoms with van der Waals surface area (Å²) in [6.07, 6.45) is 0. The Bertz CT molecular complexity index is 1410. The molecule has 2 aliphatic rings. The molecule has 1 aliphatic heterocycles. The predicted octanol–water partition coefficient (Wildman–Crippen LogP) is 6.37. The molecule has 0 unspecified atom stereocenters. The summed E-state index contributed by atoms with van der Waals surface area (Å²) in [5.74, 6) is -0.566. The number of urea groups is 1. The van der Waals surface area contributed by atoms with E-state index in [1.54, 1.807) is 19.1 Å². The molecule has 0 fully saturated rings.